The molecule has 0 radical (unpaired) electrons. The summed E-state index contributed by atoms with van der Waals surface area (Å²) in [5.74, 6) is 0.0541. The van der Waals surface area contributed by atoms with Crippen LogP contribution in [0.1, 0.15) is 36.2 Å². The molecule has 0 saturated heterocycles. The van der Waals surface area contributed by atoms with E-state index >= 15 is 0 Å². The van der Waals surface area contributed by atoms with E-state index in [0.717, 1.165) is 26.1 Å². The molecule has 7 heteroatoms. The topological polar surface area (TPSA) is 70.7 Å². The number of ether oxygens (including phenoxy) is 1. The maximum Gasteiger partial charge on any atom is 0.291 e. The average molecular weight is 428 g/mol. The van der Waals surface area contributed by atoms with Crippen molar-refractivity contribution in [1.29, 1.82) is 0 Å². The smallest absolute Gasteiger partial charge is 0.291 e. The summed E-state index contributed by atoms with van der Waals surface area (Å²) in [6.45, 7) is 7.80. The van der Waals surface area contributed by atoms with Crippen LogP contribution >= 0.6 is 11.6 Å². The zero-order valence-corrected chi connectivity index (χ0v) is 18.0. The molecule has 0 aromatic heterocycles. The Balaban J connectivity index is 1.64. The lowest BCUT2D eigenvalue weighted by molar-refractivity contribution is -0.115. The first kappa shape index (κ1) is 21.9. The van der Waals surface area contributed by atoms with E-state index in [1.165, 1.54) is 0 Å². The molecule has 30 heavy (non-hydrogen) atoms. The maximum absolute atomic E-state index is 12.4. The largest absolute Gasteiger partial charge is 0.449 e. The van der Waals surface area contributed by atoms with E-state index in [9.17, 15) is 9.59 Å². The summed E-state index contributed by atoms with van der Waals surface area (Å²) in [6, 6.07) is 12.2. The Kier molecular flexibility index (Phi) is 7.49. The van der Waals surface area contributed by atoms with Gasteiger partial charge in [0, 0.05) is 17.1 Å². The molecule has 0 fully saturated rings. The number of benzene rings is 2. The second kappa shape index (κ2) is 10.3. The van der Waals surface area contributed by atoms with Gasteiger partial charge in [0.25, 0.3) is 11.8 Å². The van der Waals surface area contributed by atoms with E-state index in [0.29, 0.717) is 34.1 Å². The van der Waals surface area contributed by atoms with E-state index in [2.05, 4.69) is 29.4 Å². The van der Waals surface area contributed by atoms with Gasteiger partial charge in [-0.3, -0.25) is 9.59 Å². The van der Waals surface area contributed by atoms with Gasteiger partial charge in [-0.1, -0.05) is 43.6 Å². The Bertz CT molecular complexity index is 954. The predicted molar refractivity (Wildman–Crippen MR) is 120 cm³/mol. The number of carbonyl (C=O) groups excluding carboxylic acids is 2. The number of nitrogens with zero attached hydrogens (tertiary/aromatic N) is 1. The maximum atomic E-state index is 12.4. The van der Waals surface area contributed by atoms with Gasteiger partial charge in [-0.05, 0) is 62.0 Å². The van der Waals surface area contributed by atoms with Crippen molar-refractivity contribution in [3.05, 3.63) is 64.4 Å². The minimum atomic E-state index is -0.390. The number of amides is 2. The van der Waals surface area contributed by atoms with Crippen molar-refractivity contribution in [3.63, 3.8) is 0 Å². The summed E-state index contributed by atoms with van der Waals surface area (Å²) < 4.78 is 5.74. The number of nitrogens with one attached hydrogen (secondary N) is 2. The highest BCUT2D eigenvalue weighted by atomic mass is 35.5. The molecule has 3 rings (SSSR count). The SMILES string of the molecule is CCN(CC)CCCNC(=O)c1ccc2c(c1)NC(=O)C(=Cc1ccccc1Cl)O2. The number of hydrogen-bond donors (Lipinski definition) is 2. The molecular weight excluding hydrogens is 402 g/mol. The van der Waals surface area contributed by atoms with Gasteiger partial charge in [-0.2, -0.15) is 0 Å². The predicted octanol–water partition coefficient (Wildman–Crippen LogP) is 4.17. The summed E-state index contributed by atoms with van der Waals surface area (Å²) in [4.78, 5) is 27.2. The van der Waals surface area contributed by atoms with E-state index in [1.54, 1.807) is 36.4 Å². The minimum Gasteiger partial charge on any atom is -0.449 e. The molecule has 1 heterocycles. The van der Waals surface area contributed by atoms with Crippen LogP contribution in [0, 0.1) is 0 Å². The molecule has 0 saturated carbocycles. The third kappa shape index (κ3) is 5.40. The molecule has 0 unspecified atom stereocenters. The average Bonchev–Trinajstić information content (AvgIpc) is 2.75. The van der Waals surface area contributed by atoms with Crippen LogP contribution in [0.15, 0.2) is 48.2 Å². The van der Waals surface area contributed by atoms with Crippen molar-refractivity contribution < 1.29 is 14.3 Å². The van der Waals surface area contributed by atoms with E-state index in [-0.39, 0.29) is 17.6 Å². The molecular formula is C23H26ClN3O3. The molecule has 2 aromatic rings. The molecule has 2 N–H and O–H groups in total. The Morgan fingerprint density at radius 2 is 1.97 bits per heavy atom. The monoisotopic (exact) mass is 427 g/mol. The normalized spacial score (nSPS) is 14.3. The van der Waals surface area contributed by atoms with Crippen molar-refractivity contribution in [2.24, 2.45) is 0 Å². The molecule has 0 atom stereocenters. The molecule has 0 bridgehead atoms. The van der Waals surface area contributed by atoms with Gasteiger partial charge < -0.3 is 20.3 Å². The fourth-order valence-electron chi connectivity index (χ4n) is 3.18. The highest BCUT2D eigenvalue weighted by Gasteiger charge is 2.23. The number of halogens is 1. The second-order valence-electron chi connectivity index (χ2n) is 6.93. The lowest BCUT2D eigenvalue weighted by Gasteiger charge is -2.21. The van der Waals surface area contributed by atoms with E-state index < -0.39 is 0 Å². The Labute approximate surface area is 181 Å². The van der Waals surface area contributed by atoms with Crippen LogP contribution in [-0.2, 0) is 4.79 Å². The summed E-state index contributed by atoms with van der Waals surface area (Å²) in [6.07, 6.45) is 2.48. The summed E-state index contributed by atoms with van der Waals surface area (Å²) in [7, 11) is 0. The van der Waals surface area contributed by atoms with Crippen molar-refractivity contribution in [2.75, 3.05) is 31.5 Å². The lowest BCUT2D eigenvalue weighted by atomic mass is 10.1. The van der Waals surface area contributed by atoms with Gasteiger partial charge in [0.05, 0.1) is 5.69 Å². The van der Waals surface area contributed by atoms with Gasteiger partial charge >= 0.3 is 0 Å². The summed E-state index contributed by atoms with van der Waals surface area (Å²) in [5.41, 5.74) is 1.62. The van der Waals surface area contributed by atoms with Crippen LogP contribution in [0.4, 0.5) is 5.69 Å². The van der Waals surface area contributed by atoms with E-state index in [4.69, 9.17) is 16.3 Å². The fourth-order valence-corrected chi connectivity index (χ4v) is 3.37. The minimum absolute atomic E-state index is 0.143. The molecule has 158 valence electrons. The summed E-state index contributed by atoms with van der Waals surface area (Å²) >= 11 is 6.15. The van der Waals surface area contributed by atoms with Crippen molar-refractivity contribution in [2.45, 2.75) is 20.3 Å². The first-order chi connectivity index (χ1) is 14.5. The summed E-state index contributed by atoms with van der Waals surface area (Å²) in [5, 5.41) is 6.23. The second-order valence-corrected chi connectivity index (χ2v) is 7.34. The third-order valence-corrected chi connectivity index (χ3v) is 5.30. The number of fused-ring (bicyclic) bond motifs is 1. The van der Waals surface area contributed by atoms with Gasteiger partial charge in [-0.15, -0.1) is 0 Å². The number of anilines is 1. The molecule has 0 spiro atoms. The van der Waals surface area contributed by atoms with E-state index in [1.807, 2.05) is 12.1 Å². The van der Waals surface area contributed by atoms with Crippen LogP contribution in [-0.4, -0.2) is 42.9 Å². The van der Waals surface area contributed by atoms with Crippen LogP contribution in [0.3, 0.4) is 0 Å². The van der Waals surface area contributed by atoms with Gasteiger partial charge in [0.1, 0.15) is 0 Å². The number of carbonyl (C=O) groups is 2. The molecule has 6 nitrogen and oxygen atoms in total. The van der Waals surface area contributed by atoms with Crippen molar-refractivity contribution in [1.82, 2.24) is 10.2 Å². The highest BCUT2D eigenvalue weighted by molar-refractivity contribution is 6.32. The number of rotatable bonds is 8. The van der Waals surface area contributed by atoms with Gasteiger partial charge in [0.15, 0.2) is 11.5 Å². The lowest BCUT2D eigenvalue weighted by Crippen LogP contribution is -2.30. The van der Waals surface area contributed by atoms with Crippen LogP contribution in [0.25, 0.3) is 6.08 Å². The fraction of sp³-hybridized carbons (Fsp3) is 0.304. The standard InChI is InChI=1S/C23H26ClN3O3/c1-3-27(4-2)13-7-12-25-22(28)17-10-11-20-19(14-17)26-23(29)21(30-20)15-16-8-5-6-9-18(16)24/h5-6,8-11,14-15H,3-4,7,12-13H2,1-2H3,(H,25,28)(H,26,29). The van der Waals surface area contributed by atoms with Crippen molar-refractivity contribution >= 4 is 35.2 Å². The zero-order chi connectivity index (χ0) is 21.5. The molecule has 1 aliphatic heterocycles. The zero-order valence-electron chi connectivity index (χ0n) is 17.2. The Morgan fingerprint density at radius 1 is 1.20 bits per heavy atom. The molecule has 0 aliphatic carbocycles. The third-order valence-electron chi connectivity index (χ3n) is 4.96. The van der Waals surface area contributed by atoms with Crippen LogP contribution < -0.4 is 15.4 Å². The Morgan fingerprint density at radius 3 is 2.70 bits per heavy atom. The van der Waals surface area contributed by atoms with Crippen LogP contribution in [0.5, 0.6) is 5.75 Å². The first-order valence-electron chi connectivity index (χ1n) is 10.1. The number of hydrogen-bond acceptors (Lipinski definition) is 4. The Hall–Kier alpha value is -2.83. The quantitative estimate of drug-likeness (QED) is 0.490. The van der Waals surface area contributed by atoms with Gasteiger partial charge in [0.2, 0.25) is 0 Å². The molecule has 2 amide bonds. The van der Waals surface area contributed by atoms with Crippen molar-refractivity contribution in [3.8, 4) is 5.75 Å². The van der Waals surface area contributed by atoms with Crippen LogP contribution in [0.2, 0.25) is 5.02 Å². The van der Waals surface area contributed by atoms with Gasteiger partial charge in [-0.25, -0.2) is 0 Å². The molecule has 1 aliphatic rings. The molecule has 2 aromatic carbocycles. The highest BCUT2D eigenvalue weighted by Crippen LogP contribution is 2.33. The first-order valence-corrected chi connectivity index (χ1v) is 10.5.